The summed E-state index contributed by atoms with van der Waals surface area (Å²) in [5.41, 5.74) is -0.940. The number of rotatable bonds is 5. The molecular formula is C13H25NO2. The van der Waals surface area contributed by atoms with E-state index in [4.69, 9.17) is 10.00 Å². The van der Waals surface area contributed by atoms with Gasteiger partial charge in [0, 0.05) is 0 Å². The summed E-state index contributed by atoms with van der Waals surface area (Å²) >= 11 is 0. The molecule has 0 aromatic carbocycles. The zero-order valence-corrected chi connectivity index (χ0v) is 11.5. The van der Waals surface area contributed by atoms with E-state index in [1.807, 2.05) is 34.6 Å². The van der Waals surface area contributed by atoms with Crippen molar-refractivity contribution in [1.29, 1.82) is 5.26 Å². The molecule has 0 rings (SSSR count). The first-order chi connectivity index (χ1) is 7.52. The van der Waals surface area contributed by atoms with Crippen molar-refractivity contribution < 1.29 is 9.53 Å². The van der Waals surface area contributed by atoms with E-state index in [1.54, 1.807) is 6.92 Å². The molecule has 3 nitrogen and oxygen atoms in total. The summed E-state index contributed by atoms with van der Waals surface area (Å²) in [6, 6.07) is 2.11. The molecule has 1 atom stereocenters. The summed E-state index contributed by atoms with van der Waals surface area (Å²) in [4.78, 5) is 11.6. The number of esters is 1. The van der Waals surface area contributed by atoms with Gasteiger partial charge in [-0.3, -0.25) is 4.79 Å². The molecule has 94 valence electrons. The van der Waals surface area contributed by atoms with Gasteiger partial charge < -0.3 is 4.74 Å². The lowest BCUT2D eigenvalue weighted by Crippen LogP contribution is -2.32. The molecule has 0 saturated carbocycles. The summed E-state index contributed by atoms with van der Waals surface area (Å²) in [7, 11) is 0. The molecule has 0 N–H and O–H groups in total. The average Bonchev–Trinajstić information content (AvgIpc) is 2.28. The Balaban J connectivity index is 0. The van der Waals surface area contributed by atoms with E-state index in [0.29, 0.717) is 25.4 Å². The molecule has 0 heterocycles. The quantitative estimate of drug-likeness (QED) is 0.675. The predicted octanol–water partition coefficient (Wildman–Crippen LogP) is 3.54. The second kappa shape index (κ2) is 9.21. The third kappa shape index (κ3) is 5.16. The van der Waals surface area contributed by atoms with Gasteiger partial charge in [-0.2, -0.15) is 5.26 Å². The Morgan fingerprint density at radius 2 is 1.88 bits per heavy atom. The molecule has 16 heavy (non-hydrogen) atoms. The Kier molecular flexibility index (Phi) is 9.99. The Labute approximate surface area is 99.8 Å². The number of hydrogen-bond acceptors (Lipinski definition) is 3. The van der Waals surface area contributed by atoms with E-state index >= 15 is 0 Å². The maximum absolute atomic E-state index is 11.6. The Bertz CT molecular complexity index is 231. The van der Waals surface area contributed by atoms with Crippen LogP contribution >= 0.6 is 0 Å². The van der Waals surface area contributed by atoms with Gasteiger partial charge in [-0.25, -0.2) is 0 Å². The van der Waals surface area contributed by atoms with Crippen LogP contribution in [0.5, 0.6) is 0 Å². The zero-order chi connectivity index (χ0) is 13.2. The summed E-state index contributed by atoms with van der Waals surface area (Å²) in [5, 5.41) is 9.07. The Hall–Kier alpha value is -1.04. The maximum Gasteiger partial charge on any atom is 0.326 e. The van der Waals surface area contributed by atoms with Crippen molar-refractivity contribution in [1.82, 2.24) is 0 Å². The minimum atomic E-state index is -0.940. The fourth-order valence-corrected chi connectivity index (χ4v) is 1.51. The first-order valence-corrected chi connectivity index (χ1v) is 6.10. The molecule has 0 aromatic rings. The number of nitrogens with zero attached hydrogens (tertiary/aromatic N) is 1. The van der Waals surface area contributed by atoms with E-state index in [2.05, 4.69) is 6.07 Å². The number of hydrogen-bond donors (Lipinski definition) is 0. The van der Waals surface area contributed by atoms with Crippen LogP contribution in [0.2, 0.25) is 0 Å². The van der Waals surface area contributed by atoms with E-state index in [0.717, 1.165) is 0 Å². The Morgan fingerprint density at radius 1 is 1.38 bits per heavy atom. The van der Waals surface area contributed by atoms with E-state index in [9.17, 15) is 4.79 Å². The molecule has 0 aliphatic rings. The highest BCUT2D eigenvalue weighted by molar-refractivity contribution is 5.79. The number of carbonyl (C=O) groups excluding carboxylic acids is 1. The second-order valence-corrected chi connectivity index (χ2v) is 3.87. The van der Waals surface area contributed by atoms with Crippen LogP contribution in [0, 0.1) is 22.7 Å². The molecule has 0 aliphatic carbocycles. The fraction of sp³-hybridized carbons (Fsp3) is 0.846. The molecular weight excluding hydrogens is 202 g/mol. The van der Waals surface area contributed by atoms with E-state index in [-0.39, 0.29) is 5.97 Å². The van der Waals surface area contributed by atoms with Crippen LogP contribution < -0.4 is 0 Å². The molecule has 0 aromatic heterocycles. The minimum Gasteiger partial charge on any atom is -0.465 e. The standard InChI is InChI=1S/C11H19NO2.C2H6/c1-5-11(8-12,7-9(3)4)10(13)14-6-2;1-2/h9H,5-7H2,1-4H3;1-2H3. The van der Waals surface area contributed by atoms with Crippen LogP contribution in [0.3, 0.4) is 0 Å². The molecule has 0 fully saturated rings. The van der Waals surface area contributed by atoms with Crippen molar-refractivity contribution in [3.8, 4) is 6.07 Å². The normalized spacial score (nSPS) is 13.1. The van der Waals surface area contributed by atoms with Crippen LogP contribution in [0.25, 0.3) is 0 Å². The lowest BCUT2D eigenvalue weighted by atomic mass is 9.79. The average molecular weight is 227 g/mol. The topological polar surface area (TPSA) is 50.1 Å². The van der Waals surface area contributed by atoms with Gasteiger partial charge in [-0.05, 0) is 25.7 Å². The third-order valence-electron chi connectivity index (χ3n) is 2.24. The van der Waals surface area contributed by atoms with Crippen LogP contribution in [0.15, 0.2) is 0 Å². The second-order valence-electron chi connectivity index (χ2n) is 3.87. The maximum atomic E-state index is 11.6. The fourth-order valence-electron chi connectivity index (χ4n) is 1.51. The lowest BCUT2D eigenvalue weighted by molar-refractivity contribution is -0.153. The zero-order valence-electron chi connectivity index (χ0n) is 11.5. The van der Waals surface area contributed by atoms with Crippen molar-refractivity contribution in [2.75, 3.05) is 6.61 Å². The number of ether oxygens (including phenoxy) is 1. The monoisotopic (exact) mass is 227 g/mol. The molecule has 0 spiro atoms. The van der Waals surface area contributed by atoms with Crippen LogP contribution in [0.4, 0.5) is 0 Å². The highest BCUT2D eigenvalue weighted by atomic mass is 16.5. The van der Waals surface area contributed by atoms with Crippen molar-refractivity contribution in [2.24, 2.45) is 11.3 Å². The summed E-state index contributed by atoms with van der Waals surface area (Å²) in [5.74, 6) is -0.0577. The van der Waals surface area contributed by atoms with Crippen molar-refractivity contribution in [3.63, 3.8) is 0 Å². The smallest absolute Gasteiger partial charge is 0.326 e. The van der Waals surface area contributed by atoms with Crippen molar-refractivity contribution in [3.05, 3.63) is 0 Å². The summed E-state index contributed by atoms with van der Waals surface area (Å²) < 4.78 is 4.93. The largest absolute Gasteiger partial charge is 0.465 e. The van der Waals surface area contributed by atoms with Gasteiger partial charge in [0.05, 0.1) is 12.7 Å². The first-order valence-electron chi connectivity index (χ1n) is 6.10. The van der Waals surface area contributed by atoms with Crippen LogP contribution in [-0.4, -0.2) is 12.6 Å². The van der Waals surface area contributed by atoms with Crippen LogP contribution in [-0.2, 0) is 9.53 Å². The first kappa shape index (κ1) is 17.4. The highest BCUT2D eigenvalue weighted by Crippen LogP contribution is 2.31. The lowest BCUT2D eigenvalue weighted by Gasteiger charge is -2.24. The molecule has 0 radical (unpaired) electrons. The molecule has 0 bridgehead atoms. The van der Waals surface area contributed by atoms with Gasteiger partial charge in [0.1, 0.15) is 0 Å². The van der Waals surface area contributed by atoms with Gasteiger partial charge in [-0.15, -0.1) is 0 Å². The van der Waals surface area contributed by atoms with Gasteiger partial charge >= 0.3 is 5.97 Å². The summed E-state index contributed by atoms with van der Waals surface area (Å²) in [6.45, 7) is 11.9. The highest BCUT2D eigenvalue weighted by Gasteiger charge is 2.38. The number of carbonyl (C=O) groups is 1. The van der Waals surface area contributed by atoms with Gasteiger partial charge in [0.2, 0.25) is 0 Å². The summed E-state index contributed by atoms with van der Waals surface area (Å²) in [6.07, 6.45) is 1.08. The van der Waals surface area contributed by atoms with E-state index < -0.39 is 5.41 Å². The molecule has 0 amide bonds. The minimum absolute atomic E-state index is 0.319. The van der Waals surface area contributed by atoms with Gasteiger partial charge in [0.15, 0.2) is 5.41 Å². The van der Waals surface area contributed by atoms with E-state index in [1.165, 1.54) is 0 Å². The van der Waals surface area contributed by atoms with Gasteiger partial charge in [0.25, 0.3) is 0 Å². The predicted molar refractivity (Wildman–Crippen MR) is 65.8 cm³/mol. The molecule has 1 unspecified atom stereocenters. The number of nitriles is 1. The Morgan fingerprint density at radius 3 is 2.12 bits per heavy atom. The third-order valence-corrected chi connectivity index (χ3v) is 2.24. The molecule has 0 aliphatic heterocycles. The van der Waals surface area contributed by atoms with Crippen molar-refractivity contribution in [2.45, 2.75) is 54.4 Å². The molecule has 3 heteroatoms. The van der Waals surface area contributed by atoms with Crippen molar-refractivity contribution >= 4 is 5.97 Å². The van der Waals surface area contributed by atoms with Gasteiger partial charge in [-0.1, -0.05) is 34.6 Å². The SMILES string of the molecule is CC.CCOC(=O)C(C#N)(CC)CC(C)C. The van der Waals surface area contributed by atoms with Crippen LogP contribution in [0.1, 0.15) is 54.4 Å². The molecule has 0 saturated heterocycles.